The van der Waals surface area contributed by atoms with Gasteiger partial charge >= 0.3 is 0 Å². The van der Waals surface area contributed by atoms with Crippen molar-refractivity contribution in [1.29, 1.82) is 0 Å². The first-order chi connectivity index (χ1) is 10.2. The molecule has 2 rings (SSSR count). The number of nitrogens with one attached hydrogen (secondary N) is 1. The minimum Gasteiger partial charge on any atom is -0.395 e. The maximum absolute atomic E-state index is 12.3. The summed E-state index contributed by atoms with van der Waals surface area (Å²) in [4.78, 5) is 13.8. The average Bonchev–Trinajstić information content (AvgIpc) is 2.97. The van der Waals surface area contributed by atoms with E-state index in [0.717, 1.165) is 4.88 Å². The van der Waals surface area contributed by atoms with E-state index in [1.807, 2.05) is 12.1 Å². The van der Waals surface area contributed by atoms with Crippen molar-refractivity contribution in [2.45, 2.75) is 51.5 Å². The lowest BCUT2D eigenvalue weighted by Crippen LogP contribution is -2.38. The Labute approximate surface area is 130 Å². The fourth-order valence-electron chi connectivity index (χ4n) is 2.76. The van der Waals surface area contributed by atoms with Crippen molar-refractivity contribution in [3.05, 3.63) is 21.9 Å². The molecule has 1 aliphatic carbocycles. The number of hydrogen-bond donors (Lipinski definition) is 2. The molecule has 3 nitrogen and oxygen atoms in total. The van der Waals surface area contributed by atoms with Gasteiger partial charge in [0.2, 0.25) is 0 Å². The molecule has 0 radical (unpaired) electrons. The Hall–Kier alpha value is -1.31. The lowest BCUT2D eigenvalue weighted by atomic mass is 9.84. The number of carbonyl (C=O) groups is 1. The maximum atomic E-state index is 12.3. The molecular formula is C17H23NO2S. The van der Waals surface area contributed by atoms with Crippen LogP contribution in [0.4, 0.5) is 0 Å². The number of carbonyl (C=O) groups excluding carboxylic acids is 1. The van der Waals surface area contributed by atoms with E-state index in [1.165, 1.54) is 43.4 Å². The van der Waals surface area contributed by atoms with Crippen molar-refractivity contribution in [2.75, 3.05) is 6.61 Å². The highest BCUT2D eigenvalue weighted by atomic mass is 32.1. The van der Waals surface area contributed by atoms with Gasteiger partial charge in [0, 0.05) is 12.5 Å². The van der Waals surface area contributed by atoms with Gasteiger partial charge in [-0.05, 0) is 37.8 Å². The lowest BCUT2D eigenvalue weighted by Gasteiger charge is -2.28. The molecule has 0 aromatic carbocycles. The summed E-state index contributed by atoms with van der Waals surface area (Å²) in [5, 5.41) is 11.8. The van der Waals surface area contributed by atoms with Crippen molar-refractivity contribution in [3.63, 3.8) is 0 Å². The van der Waals surface area contributed by atoms with E-state index in [0.29, 0.717) is 17.2 Å². The molecule has 1 unspecified atom stereocenters. The highest BCUT2D eigenvalue weighted by Gasteiger charge is 2.22. The van der Waals surface area contributed by atoms with Crippen molar-refractivity contribution in [2.24, 2.45) is 5.92 Å². The molecule has 0 spiro atoms. The normalized spacial score (nSPS) is 16.9. The third kappa shape index (κ3) is 4.87. The molecule has 2 N–H and O–H groups in total. The smallest absolute Gasteiger partial charge is 0.261 e. The van der Waals surface area contributed by atoms with Crippen LogP contribution in [0, 0.1) is 17.8 Å². The van der Waals surface area contributed by atoms with Gasteiger partial charge in [0.15, 0.2) is 0 Å². The second-order valence-corrected chi connectivity index (χ2v) is 6.68. The number of aliphatic hydroxyl groups excluding tert-OH is 1. The van der Waals surface area contributed by atoms with E-state index in [-0.39, 0.29) is 18.6 Å². The molecule has 0 saturated heterocycles. The summed E-state index contributed by atoms with van der Waals surface area (Å²) in [6.07, 6.45) is 6.83. The van der Waals surface area contributed by atoms with Crippen LogP contribution in [0.3, 0.4) is 0 Å². The van der Waals surface area contributed by atoms with E-state index in [2.05, 4.69) is 24.1 Å². The monoisotopic (exact) mass is 305 g/mol. The van der Waals surface area contributed by atoms with E-state index in [1.54, 1.807) is 0 Å². The van der Waals surface area contributed by atoms with Crippen LogP contribution >= 0.6 is 11.3 Å². The predicted octanol–water partition coefficient (Wildman–Crippen LogP) is 3.18. The topological polar surface area (TPSA) is 49.3 Å². The molecule has 1 fully saturated rings. The fourth-order valence-corrected chi connectivity index (χ4v) is 3.55. The Bertz CT molecular complexity index is 520. The zero-order chi connectivity index (χ0) is 15.1. The molecule has 4 heteroatoms. The summed E-state index contributed by atoms with van der Waals surface area (Å²) in [6.45, 7) is 2.19. The quantitative estimate of drug-likeness (QED) is 0.839. The second-order valence-electron chi connectivity index (χ2n) is 5.60. The maximum Gasteiger partial charge on any atom is 0.261 e. The van der Waals surface area contributed by atoms with Crippen molar-refractivity contribution in [1.82, 2.24) is 5.32 Å². The minimum absolute atomic E-state index is 0.00767. The SMILES string of the molecule is CC(NC(=O)c1ccc(C#CCCO)s1)C1CCCCC1. The average molecular weight is 305 g/mol. The van der Waals surface area contributed by atoms with E-state index in [9.17, 15) is 4.79 Å². The Morgan fingerprint density at radius 2 is 2.19 bits per heavy atom. The number of aliphatic hydroxyl groups is 1. The standard InChI is InChI=1S/C17H23NO2S/c1-13(14-7-3-2-4-8-14)18-17(20)16-11-10-15(21-16)9-5-6-12-19/h10-11,13-14,19H,2-4,6-8,12H2,1H3,(H,18,20). The molecule has 1 atom stereocenters. The number of hydrogen-bond acceptors (Lipinski definition) is 3. The molecule has 1 amide bonds. The molecule has 1 aliphatic rings. The zero-order valence-electron chi connectivity index (χ0n) is 12.5. The van der Waals surface area contributed by atoms with Gasteiger partial charge in [-0.3, -0.25) is 4.79 Å². The molecular weight excluding hydrogens is 282 g/mol. The van der Waals surface area contributed by atoms with Gasteiger partial charge in [0.1, 0.15) is 0 Å². The number of thiophene rings is 1. The van der Waals surface area contributed by atoms with Gasteiger partial charge in [0.25, 0.3) is 5.91 Å². The lowest BCUT2D eigenvalue weighted by molar-refractivity contribution is 0.0923. The van der Waals surface area contributed by atoms with Gasteiger partial charge in [0.05, 0.1) is 16.4 Å². The van der Waals surface area contributed by atoms with Gasteiger partial charge in [-0.25, -0.2) is 0 Å². The largest absolute Gasteiger partial charge is 0.395 e. The van der Waals surface area contributed by atoms with Gasteiger partial charge < -0.3 is 10.4 Å². The molecule has 1 aromatic heterocycles. The molecule has 1 saturated carbocycles. The minimum atomic E-state index is 0.00767. The van der Waals surface area contributed by atoms with Crippen LogP contribution in [-0.4, -0.2) is 23.7 Å². The highest BCUT2D eigenvalue weighted by Crippen LogP contribution is 2.26. The molecule has 21 heavy (non-hydrogen) atoms. The van der Waals surface area contributed by atoms with Crippen LogP contribution < -0.4 is 5.32 Å². The molecule has 1 heterocycles. The third-order valence-corrected chi connectivity index (χ3v) is 4.99. The predicted molar refractivity (Wildman–Crippen MR) is 86.4 cm³/mol. The Morgan fingerprint density at radius 1 is 1.43 bits per heavy atom. The summed E-state index contributed by atoms with van der Waals surface area (Å²) < 4.78 is 0. The summed E-state index contributed by atoms with van der Waals surface area (Å²) in [5.74, 6) is 6.47. The van der Waals surface area contributed by atoms with Crippen LogP contribution in [0.2, 0.25) is 0 Å². The van der Waals surface area contributed by atoms with Crippen LogP contribution in [0.5, 0.6) is 0 Å². The fraction of sp³-hybridized carbons (Fsp3) is 0.588. The first-order valence-corrected chi connectivity index (χ1v) is 8.53. The van der Waals surface area contributed by atoms with Crippen LogP contribution in [0.15, 0.2) is 12.1 Å². The highest BCUT2D eigenvalue weighted by molar-refractivity contribution is 7.14. The Kier molecular flexibility index (Phi) is 6.28. The first kappa shape index (κ1) is 16.1. The summed E-state index contributed by atoms with van der Waals surface area (Å²) in [6, 6.07) is 3.94. The first-order valence-electron chi connectivity index (χ1n) is 7.71. The van der Waals surface area contributed by atoms with Crippen LogP contribution in [0.25, 0.3) is 0 Å². The molecule has 0 aliphatic heterocycles. The Balaban J connectivity index is 1.89. The Morgan fingerprint density at radius 3 is 2.90 bits per heavy atom. The van der Waals surface area contributed by atoms with Crippen molar-refractivity contribution >= 4 is 17.2 Å². The van der Waals surface area contributed by atoms with Crippen LogP contribution in [0.1, 0.15) is 60.0 Å². The summed E-state index contributed by atoms with van der Waals surface area (Å²) >= 11 is 1.41. The van der Waals surface area contributed by atoms with Crippen molar-refractivity contribution < 1.29 is 9.90 Å². The third-order valence-electron chi connectivity index (χ3n) is 3.99. The number of rotatable bonds is 4. The van der Waals surface area contributed by atoms with Crippen molar-refractivity contribution in [3.8, 4) is 11.8 Å². The molecule has 114 valence electrons. The van der Waals surface area contributed by atoms with Gasteiger partial charge in [-0.1, -0.05) is 31.1 Å². The van der Waals surface area contributed by atoms with E-state index < -0.39 is 0 Å². The van der Waals surface area contributed by atoms with E-state index in [4.69, 9.17) is 5.11 Å². The second kappa shape index (κ2) is 8.21. The summed E-state index contributed by atoms with van der Waals surface area (Å²) in [5.41, 5.74) is 0. The molecule has 1 aromatic rings. The number of amides is 1. The summed E-state index contributed by atoms with van der Waals surface area (Å²) in [7, 11) is 0. The van der Waals surface area contributed by atoms with Gasteiger partial charge in [-0.2, -0.15) is 0 Å². The van der Waals surface area contributed by atoms with Gasteiger partial charge in [-0.15, -0.1) is 11.3 Å². The van der Waals surface area contributed by atoms with E-state index >= 15 is 0 Å². The molecule has 0 bridgehead atoms. The van der Waals surface area contributed by atoms with Crippen LogP contribution in [-0.2, 0) is 0 Å². The zero-order valence-corrected chi connectivity index (χ0v) is 13.3.